The number of esters is 1. The number of carbonyl (C=O) groups is 2. The summed E-state index contributed by atoms with van der Waals surface area (Å²) in [5.41, 5.74) is 1.15. The van der Waals surface area contributed by atoms with Crippen LogP contribution in [0.15, 0.2) is 41.8 Å². The van der Waals surface area contributed by atoms with Crippen LogP contribution >= 0.6 is 11.3 Å². The van der Waals surface area contributed by atoms with Crippen LogP contribution < -0.4 is 5.32 Å². The van der Waals surface area contributed by atoms with Gasteiger partial charge in [0, 0.05) is 5.56 Å². The number of nitrogens with one attached hydrogen (secondary N) is 1. The van der Waals surface area contributed by atoms with Crippen molar-refractivity contribution < 1.29 is 14.3 Å². The number of hydrogen-bond acceptors (Lipinski definition) is 7. The van der Waals surface area contributed by atoms with E-state index in [0.29, 0.717) is 16.4 Å². The summed E-state index contributed by atoms with van der Waals surface area (Å²) in [6, 6.07) is 11.0. The van der Waals surface area contributed by atoms with Gasteiger partial charge in [0.2, 0.25) is 11.7 Å². The van der Waals surface area contributed by atoms with E-state index in [-0.39, 0.29) is 19.1 Å². The fraction of sp³-hybridized carbons (Fsp3) is 0.188. The van der Waals surface area contributed by atoms with Crippen molar-refractivity contribution in [3.63, 3.8) is 0 Å². The zero-order valence-electron chi connectivity index (χ0n) is 13.4. The zero-order valence-corrected chi connectivity index (χ0v) is 14.2. The van der Waals surface area contributed by atoms with E-state index >= 15 is 0 Å². The quantitative estimate of drug-likeness (QED) is 0.679. The molecule has 128 valence electrons. The predicted molar refractivity (Wildman–Crippen MR) is 92.2 cm³/mol. The molecule has 0 saturated carbocycles. The summed E-state index contributed by atoms with van der Waals surface area (Å²) >= 11 is 1.25. The monoisotopic (exact) mass is 357 g/mol. The minimum atomic E-state index is -0.468. The minimum Gasteiger partial charge on any atom is -0.462 e. The molecule has 0 aliphatic heterocycles. The second kappa shape index (κ2) is 7.67. The number of anilines is 1. The molecule has 0 atom stereocenters. The molecule has 0 aliphatic carbocycles. The molecule has 1 aromatic carbocycles. The molecule has 8 nitrogen and oxygen atoms in total. The maximum atomic E-state index is 12.2. The van der Waals surface area contributed by atoms with Gasteiger partial charge in [0.1, 0.15) is 11.5 Å². The van der Waals surface area contributed by atoms with E-state index in [0.717, 1.165) is 5.56 Å². The summed E-state index contributed by atoms with van der Waals surface area (Å²) in [5.74, 6) is -0.383. The average molecular weight is 357 g/mol. The number of aromatic nitrogens is 4. The Labute approximate surface area is 147 Å². The van der Waals surface area contributed by atoms with Crippen LogP contribution in [0.2, 0.25) is 0 Å². The maximum absolute atomic E-state index is 12.2. The topological polar surface area (TPSA) is 99.0 Å². The van der Waals surface area contributed by atoms with E-state index in [1.807, 2.05) is 30.3 Å². The number of rotatable bonds is 6. The SMILES string of the molecule is CCOC(=O)c1ccsc1NC(=O)Cn1nnc(-c2ccccc2)n1. The first-order valence-corrected chi connectivity index (χ1v) is 8.43. The molecule has 9 heteroatoms. The number of carbonyl (C=O) groups excluding carboxylic acids is 2. The van der Waals surface area contributed by atoms with Crippen molar-refractivity contribution in [3.05, 3.63) is 47.3 Å². The normalized spacial score (nSPS) is 10.4. The van der Waals surface area contributed by atoms with Gasteiger partial charge in [-0.15, -0.1) is 21.5 Å². The molecule has 0 unspecified atom stereocenters. The molecular formula is C16H15N5O3S. The highest BCUT2D eigenvalue weighted by Gasteiger charge is 2.17. The Morgan fingerprint density at radius 3 is 2.80 bits per heavy atom. The summed E-state index contributed by atoms with van der Waals surface area (Å²) < 4.78 is 4.96. The van der Waals surface area contributed by atoms with Gasteiger partial charge in [-0.25, -0.2) is 4.79 Å². The van der Waals surface area contributed by atoms with Gasteiger partial charge >= 0.3 is 5.97 Å². The first kappa shape index (κ1) is 16.8. The number of nitrogens with zero attached hydrogens (tertiary/aromatic N) is 4. The van der Waals surface area contributed by atoms with Gasteiger partial charge < -0.3 is 10.1 Å². The van der Waals surface area contributed by atoms with Crippen molar-refractivity contribution >= 4 is 28.2 Å². The summed E-state index contributed by atoms with van der Waals surface area (Å²) in [4.78, 5) is 25.2. The number of ether oxygens (including phenoxy) is 1. The smallest absolute Gasteiger partial charge is 0.341 e. The lowest BCUT2D eigenvalue weighted by molar-refractivity contribution is -0.117. The van der Waals surface area contributed by atoms with Crippen LogP contribution in [0, 0.1) is 0 Å². The number of benzene rings is 1. The van der Waals surface area contributed by atoms with Gasteiger partial charge in [0.15, 0.2) is 0 Å². The van der Waals surface area contributed by atoms with E-state index in [2.05, 4.69) is 20.7 Å². The van der Waals surface area contributed by atoms with Crippen LogP contribution in [-0.4, -0.2) is 38.7 Å². The number of tetrazole rings is 1. The first-order valence-electron chi connectivity index (χ1n) is 7.55. The fourth-order valence-corrected chi connectivity index (χ4v) is 2.87. The summed E-state index contributed by atoms with van der Waals surface area (Å²) in [6.07, 6.45) is 0. The third kappa shape index (κ3) is 4.07. The molecule has 0 radical (unpaired) electrons. The Kier molecular flexibility index (Phi) is 5.14. The number of hydrogen-bond donors (Lipinski definition) is 1. The van der Waals surface area contributed by atoms with Gasteiger partial charge in [0.05, 0.1) is 12.2 Å². The predicted octanol–water partition coefficient (Wildman–Crippen LogP) is 2.22. The van der Waals surface area contributed by atoms with Crippen molar-refractivity contribution in [1.82, 2.24) is 20.2 Å². The van der Waals surface area contributed by atoms with Crippen molar-refractivity contribution in [1.29, 1.82) is 0 Å². The third-order valence-electron chi connectivity index (χ3n) is 3.18. The molecule has 0 bridgehead atoms. The highest BCUT2D eigenvalue weighted by molar-refractivity contribution is 7.14. The average Bonchev–Trinajstić information content (AvgIpc) is 3.25. The Balaban J connectivity index is 1.65. The largest absolute Gasteiger partial charge is 0.462 e. The lowest BCUT2D eigenvalue weighted by Gasteiger charge is -2.05. The van der Waals surface area contributed by atoms with Crippen LogP contribution in [0.5, 0.6) is 0 Å². The van der Waals surface area contributed by atoms with E-state index < -0.39 is 5.97 Å². The second-order valence-corrected chi connectivity index (χ2v) is 5.86. The van der Waals surface area contributed by atoms with Gasteiger partial charge in [0.25, 0.3) is 0 Å². The molecule has 1 N–H and O–H groups in total. The van der Waals surface area contributed by atoms with E-state index in [1.54, 1.807) is 18.4 Å². The van der Waals surface area contributed by atoms with Crippen LogP contribution in [0.25, 0.3) is 11.4 Å². The maximum Gasteiger partial charge on any atom is 0.341 e. The van der Waals surface area contributed by atoms with Crippen molar-refractivity contribution in [3.8, 4) is 11.4 Å². The van der Waals surface area contributed by atoms with Crippen LogP contribution in [0.4, 0.5) is 5.00 Å². The molecule has 1 amide bonds. The highest BCUT2D eigenvalue weighted by Crippen LogP contribution is 2.24. The van der Waals surface area contributed by atoms with E-state index in [1.165, 1.54) is 16.1 Å². The molecule has 0 fully saturated rings. The Morgan fingerprint density at radius 1 is 1.24 bits per heavy atom. The Hall–Kier alpha value is -3.07. The van der Waals surface area contributed by atoms with Crippen molar-refractivity contribution in [2.75, 3.05) is 11.9 Å². The molecule has 0 spiro atoms. The first-order chi connectivity index (χ1) is 12.2. The van der Waals surface area contributed by atoms with Crippen molar-refractivity contribution in [2.45, 2.75) is 13.5 Å². The van der Waals surface area contributed by atoms with Gasteiger partial charge in [-0.1, -0.05) is 30.3 Å². The van der Waals surface area contributed by atoms with Crippen LogP contribution in [-0.2, 0) is 16.1 Å². The van der Waals surface area contributed by atoms with E-state index in [9.17, 15) is 9.59 Å². The van der Waals surface area contributed by atoms with Crippen LogP contribution in [0.1, 0.15) is 17.3 Å². The minimum absolute atomic E-state index is 0.111. The number of amides is 1. The Bertz CT molecular complexity index is 875. The summed E-state index contributed by atoms with van der Waals surface area (Å²) in [5, 5.41) is 16.8. The second-order valence-electron chi connectivity index (χ2n) is 4.94. The van der Waals surface area contributed by atoms with Gasteiger partial charge in [-0.2, -0.15) is 4.80 Å². The number of thiophene rings is 1. The van der Waals surface area contributed by atoms with E-state index in [4.69, 9.17) is 4.74 Å². The van der Waals surface area contributed by atoms with Gasteiger partial charge in [-0.3, -0.25) is 4.79 Å². The summed E-state index contributed by atoms with van der Waals surface area (Å²) in [7, 11) is 0. The fourth-order valence-electron chi connectivity index (χ4n) is 2.08. The molecule has 0 saturated heterocycles. The molecule has 25 heavy (non-hydrogen) atoms. The third-order valence-corrected chi connectivity index (χ3v) is 4.01. The van der Waals surface area contributed by atoms with Crippen molar-refractivity contribution in [2.24, 2.45) is 0 Å². The molecule has 3 rings (SSSR count). The zero-order chi connectivity index (χ0) is 17.6. The molecule has 2 aromatic heterocycles. The molecule has 2 heterocycles. The summed E-state index contributed by atoms with van der Waals surface area (Å²) in [6.45, 7) is 1.89. The molecule has 3 aromatic rings. The van der Waals surface area contributed by atoms with Gasteiger partial charge in [-0.05, 0) is 23.6 Å². The lowest BCUT2D eigenvalue weighted by Crippen LogP contribution is -2.21. The lowest BCUT2D eigenvalue weighted by atomic mass is 10.2. The Morgan fingerprint density at radius 2 is 2.04 bits per heavy atom. The van der Waals surface area contributed by atoms with Crippen LogP contribution in [0.3, 0.4) is 0 Å². The standard InChI is InChI=1S/C16H15N5O3S/c1-2-24-16(23)12-8-9-25-15(12)17-13(22)10-21-19-14(18-20-21)11-6-4-3-5-7-11/h3-9H,2,10H2,1H3,(H,17,22). The molecular weight excluding hydrogens is 342 g/mol. The highest BCUT2D eigenvalue weighted by atomic mass is 32.1. The molecule has 0 aliphatic rings.